The van der Waals surface area contributed by atoms with Crippen molar-refractivity contribution in [2.45, 2.75) is 32.6 Å². The van der Waals surface area contributed by atoms with Gasteiger partial charge in [0.25, 0.3) is 0 Å². The molecular formula is C13H18O2. The Hall–Kier alpha value is -1.44. The maximum Gasteiger partial charge on any atom is 0.157 e. The summed E-state index contributed by atoms with van der Waals surface area (Å²) in [6.45, 7) is 10.1. The summed E-state index contributed by atoms with van der Waals surface area (Å²) in [5.74, 6) is -0.160. The molecule has 2 nitrogen and oxygen atoms in total. The Morgan fingerprint density at radius 1 is 1.33 bits per heavy atom. The molecule has 0 aromatic heterocycles. The van der Waals surface area contributed by atoms with Crippen LogP contribution in [0.25, 0.3) is 0 Å². The molecule has 0 bridgehead atoms. The van der Waals surface area contributed by atoms with Gasteiger partial charge in [0.15, 0.2) is 11.5 Å². The molecule has 0 aliphatic carbocycles. The second kappa shape index (κ2) is 3.97. The van der Waals surface area contributed by atoms with Gasteiger partial charge in [0.2, 0.25) is 0 Å². The van der Waals surface area contributed by atoms with E-state index in [0.717, 1.165) is 17.6 Å². The van der Waals surface area contributed by atoms with E-state index in [2.05, 4.69) is 20.4 Å². The van der Waals surface area contributed by atoms with Gasteiger partial charge in [0.1, 0.15) is 0 Å². The van der Waals surface area contributed by atoms with Crippen molar-refractivity contribution in [2.75, 3.05) is 0 Å². The third-order valence-electron chi connectivity index (χ3n) is 3.26. The van der Waals surface area contributed by atoms with Crippen molar-refractivity contribution < 1.29 is 10.2 Å². The van der Waals surface area contributed by atoms with Crippen LogP contribution in [0.3, 0.4) is 0 Å². The molecule has 1 unspecified atom stereocenters. The van der Waals surface area contributed by atoms with Crippen LogP contribution in [0.5, 0.6) is 11.5 Å². The van der Waals surface area contributed by atoms with Crippen LogP contribution < -0.4 is 0 Å². The van der Waals surface area contributed by atoms with Crippen molar-refractivity contribution in [3.8, 4) is 11.5 Å². The van der Waals surface area contributed by atoms with Gasteiger partial charge in [-0.2, -0.15) is 0 Å². The molecule has 0 aliphatic heterocycles. The molecule has 0 heterocycles. The van der Waals surface area contributed by atoms with E-state index in [1.165, 1.54) is 6.07 Å². The van der Waals surface area contributed by atoms with E-state index < -0.39 is 0 Å². The number of rotatable bonds is 3. The number of hydrogen-bond donors (Lipinski definition) is 2. The van der Waals surface area contributed by atoms with Crippen molar-refractivity contribution in [1.82, 2.24) is 0 Å². The SMILES string of the molecule is C=C(C)C(C)(CC)c1ccc(O)c(O)c1. The van der Waals surface area contributed by atoms with E-state index in [1.807, 2.05) is 13.0 Å². The smallest absolute Gasteiger partial charge is 0.157 e. The Kier molecular flexibility index (Phi) is 3.08. The summed E-state index contributed by atoms with van der Waals surface area (Å²) in [7, 11) is 0. The largest absolute Gasteiger partial charge is 0.504 e. The highest BCUT2D eigenvalue weighted by Crippen LogP contribution is 2.37. The maximum atomic E-state index is 9.46. The molecule has 0 saturated carbocycles. The summed E-state index contributed by atoms with van der Waals surface area (Å²) in [6, 6.07) is 4.95. The van der Waals surface area contributed by atoms with Gasteiger partial charge in [-0.25, -0.2) is 0 Å². The summed E-state index contributed by atoms with van der Waals surface area (Å²) in [6.07, 6.45) is 0.909. The lowest BCUT2D eigenvalue weighted by molar-refractivity contribution is 0.401. The minimum atomic E-state index is -0.148. The number of hydrogen-bond acceptors (Lipinski definition) is 2. The molecule has 2 heteroatoms. The fraction of sp³-hybridized carbons (Fsp3) is 0.385. The first-order valence-corrected chi connectivity index (χ1v) is 5.10. The predicted octanol–water partition coefficient (Wildman–Crippen LogP) is 3.34. The third-order valence-corrected chi connectivity index (χ3v) is 3.26. The Balaban J connectivity index is 3.25. The molecule has 0 fully saturated rings. The van der Waals surface area contributed by atoms with Crippen LogP contribution in [0.15, 0.2) is 30.4 Å². The molecule has 2 N–H and O–H groups in total. The number of phenols is 2. The van der Waals surface area contributed by atoms with Gasteiger partial charge < -0.3 is 10.2 Å². The standard InChI is InChI=1S/C13H18O2/c1-5-13(4,9(2)3)10-6-7-11(14)12(15)8-10/h6-8,14-15H,2,5H2,1,3-4H3. The van der Waals surface area contributed by atoms with E-state index in [-0.39, 0.29) is 16.9 Å². The van der Waals surface area contributed by atoms with Crippen molar-refractivity contribution in [2.24, 2.45) is 0 Å². The van der Waals surface area contributed by atoms with E-state index in [9.17, 15) is 10.2 Å². The average Bonchev–Trinajstić information content (AvgIpc) is 2.20. The number of aromatic hydroxyl groups is 2. The van der Waals surface area contributed by atoms with E-state index >= 15 is 0 Å². The zero-order chi connectivity index (χ0) is 11.6. The summed E-state index contributed by atoms with van der Waals surface area (Å²) in [4.78, 5) is 0. The Morgan fingerprint density at radius 2 is 1.93 bits per heavy atom. The molecule has 15 heavy (non-hydrogen) atoms. The molecular weight excluding hydrogens is 188 g/mol. The zero-order valence-corrected chi connectivity index (χ0v) is 9.54. The molecule has 0 spiro atoms. The van der Waals surface area contributed by atoms with Gasteiger partial charge in [0.05, 0.1) is 0 Å². The third kappa shape index (κ3) is 1.99. The van der Waals surface area contributed by atoms with Gasteiger partial charge in [0, 0.05) is 5.41 Å². The minimum Gasteiger partial charge on any atom is -0.504 e. The average molecular weight is 206 g/mol. The summed E-state index contributed by atoms with van der Waals surface area (Å²) < 4.78 is 0. The highest BCUT2D eigenvalue weighted by Gasteiger charge is 2.26. The lowest BCUT2D eigenvalue weighted by atomic mass is 9.75. The monoisotopic (exact) mass is 206 g/mol. The molecule has 1 atom stereocenters. The highest BCUT2D eigenvalue weighted by atomic mass is 16.3. The van der Waals surface area contributed by atoms with Crippen LogP contribution in [0.2, 0.25) is 0 Å². The first kappa shape index (κ1) is 11.6. The van der Waals surface area contributed by atoms with Crippen molar-refractivity contribution in [3.63, 3.8) is 0 Å². The highest BCUT2D eigenvalue weighted by molar-refractivity contribution is 5.45. The Morgan fingerprint density at radius 3 is 2.33 bits per heavy atom. The van der Waals surface area contributed by atoms with Crippen molar-refractivity contribution in [3.05, 3.63) is 35.9 Å². The molecule has 1 aromatic carbocycles. The van der Waals surface area contributed by atoms with Crippen LogP contribution in [-0.4, -0.2) is 10.2 Å². The van der Waals surface area contributed by atoms with Crippen LogP contribution in [-0.2, 0) is 5.41 Å². The van der Waals surface area contributed by atoms with Crippen LogP contribution in [0.1, 0.15) is 32.8 Å². The summed E-state index contributed by atoms with van der Waals surface area (Å²) in [5, 5.41) is 18.7. The Labute approximate surface area is 90.9 Å². The topological polar surface area (TPSA) is 40.5 Å². The van der Waals surface area contributed by atoms with E-state index in [4.69, 9.17) is 0 Å². The van der Waals surface area contributed by atoms with Crippen LogP contribution in [0, 0.1) is 0 Å². The first-order valence-electron chi connectivity index (χ1n) is 5.10. The number of allylic oxidation sites excluding steroid dienone is 1. The Bertz CT molecular complexity index is 382. The molecule has 0 amide bonds. The quantitative estimate of drug-likeness (QED) is 0.588. The fourth-order valence-corrected chi connectivity index (χ4v) is 1.62. The minimum absolute atomic E-state index is 0.0755. The van der Waals surface area contributed by atoms with E-state index in [1.54, 1.807) is 6.07 Å². The predicted molar refractivity (Wildman–Crippen MR) is 62.2 cm³/mol. The fourth-order valence-electron chi connectivity index (χ4n) is 1.62. The normalized spacial score (nSPS) is 14.6. The maximum absolute atomic E-state index is 9.46. The molecule has 0 aliphatic rings. The second-order valence-corrected chi connectivity index (χ2v) is 4.17. The summed E-state index contributed by atoms with van der Waals surface area (Å²) >= 11 is 0. The van der Waals surface area contributed by atoms with Crippen LogP contribution in [0.4, 0.5) is 0 Å². The second-order valence-electron chi connectivity index (χ2n) is 4.17. The lowest BCUT2D eigenvalue weighted by Crippen LogP contribution is -2.21. The van der Waals surface area contributed by atoms with Crippen molar-refractivity contribution >= 4 is 0 Å². The molecule has 1 rings (SSSR count). The first-order chi connectivity index (χ1) is 6.91. The molecule has 0 radical (unpaired) electrons. The number of benzene rings is 1. The van der Waals surface area contributed by atoms with Crippen molar-refractivity contribution in [1.29, 1.82) is 0 Å². The van der Waals surface area contributed by atoms with Gasteiger partial charge in [-0.1, -0.05) is 32.1 Å². The van der Waals surface area contributed by atoms with Gasteiger partial charge in [-0.3, -0.25) is 0 Å². The number of phenolic OH excluding ortho intramolecular Hbond substituents is 2. The van der Waals surface area contributed by atoms with Gasteiger partial charge in [-0.05, 0) is 31.0 Å². The van der Waals surface area contributed by atoms with Gasteiger partial charge >= 0.3 is 0 Å². The molecule has 1 aromatic rings. The lowest BCUT2D eigenvalue weighted by Gasteiger charge is -2.29. The zero-order valence-electron chi connectivity index (χ0n) is 9.54. The molecule has 0 saturated heterocycles. The summed E-state index contributed by atoms with van der Waals surface area (Å²) in [5.41, 5.74) is 1.88. The molecule has 82 valence electrons. The van der Waals surface area contributed by atoms with Crippen LogP contribution >= 0.6 is 0 Å². The van der Waals surface area contributed by atoms with Gasteiger partial charge in [-0.15, -0.1) is 0 Å². The van der Waals surface area contributed by atoms with E-state index in [0.29, 0.717) is 0 Å².